The minimum atomic E-state index is 0.201. The number of carbonyl (C=O) groups is 1. The van der Waals surface area contributed by atoms with Crippen LogP contribution in [0, 0.1) is 5.92 Å². The fourth-order valence-electron chi connectivity index (χ4n) is 2.89. The average molecular weight is 346 g/mol. The Morgan fingerprint density at radius 2 is 1.95 bits per heavy atom. The van der Waals surface area contributed by atoms with Gasteiger partial charge in [0, 0.05) is 12.1 Å². The zero-order valence-corrected chi connectivity index (χ0v) is 13.2. The fourth-order valence-corrected chi connectivity index (χ4v) is 3.40. The van der Waals surface area contributed by atoms with E-state index in [0.717, 1.165) is 28.2 Å². The van der Waals surface area contributed by atoms with Crippen molar-refractivity contribution in [2.24, 2.45) is 5.92 Å². The first-order chi connectivity index (χ1) is 10.2. The van der Waals surface area contributed by atoms with Gasteiger partial charge in [-0.2, -0.15) is 0 Å². The summed E-state index contributed by atoms with van der Waals surface area (Å²) in [5.74, 6) is 0.916. The highest BCUT2D eigenvalue weighted by molar-refractivity contribution is 9.10. The molecule has 0 radical (unpaired) electrons. The van der Waals surface area contributed by atoms with Crippen molar-refractivity contribution in [2.45, 2.75) is 25.9 Å². The van der Waals surface area contributed by atoms with Crippen LogP contribution >= 0.6 is 15.9 Å². The molecule has 1 fully saturated rings. The molecular weight excluding hydrogens is 330 g/mol. The topological polar surface area (TPSA) is 38.1 Å². The number of halogens is 1. The molecule has 21 heavy (non-hydrogen) atoms. The van der Waals surface area contributed by atoms with Crippen LogP contribution in [-0.4, -0.2) is 26.9 Å². The van der Waals surface area contributed by atoms with Gasteiger partial charge in [0.15, 0.2) is 4.73 Å². The van der Waals surface area contributed by atoms with Gasteiger partial charge < -0.3 is 9.47 Å². The Hall–Kier alpha value is -1.62. The van der Waals surface area contributed by atoms with E-state index in [1.807, 2.05) is 27.7 Å². The van der Waals surface area contributed by atoms with Crippen molar-refractivity contribution >= 4 is 21.8 Å². The van der Waals surface area contributed by atoms with Gasteiger partial charge in [-0.1, -0.05) is 30.3 Å². The van der Waals surface area contributed by atoms with Crippen molar-refractivity contribution in [3.8, 4) is 11.3 Å². The van der Waals surface area contributed by atoms with E-state index >= 15 is 0 Å². The fraction of sp³-hybridized carbons (Fsp3) is 0.375. The van der Waals surface area contributed by atoms with Crippen LogP contribution in [0.3, 0.4) is 0 Å². The normalized spacial score (nSPS) is 18.0. The number of benzene rings is 1. The van der Waals surface area contributed by atoms with E-state index in [1.165, 1.54) is 12.8 Å². The van der Waals surface area contributed by atoms with Crippen LogP contribution in [0.2, 0.25) is 0 Å². The molecule has 1 aliphatic heterocycles. The molecule has 0 N–H and O–H groups in total. The summed E-state index contributed by atoms with van der Waals surface area (Å²) in [4.78, 5) is 18.9. The lowest BCUT2D eigenvalue weighted by Crippen LogP contribution is -2.40. The summed E-state index contributed by atoms with van der Waals surface area (Å²) in [6.45, 7) is 1.95. The molecular formula is C16H16BrN3O. The van der Waals surface area contributed by atoms with Crippen molar-refractivity contribution in [1.82, 2.24) is 14.5 Å². The second kappa shape index (κ2) is 4.98. The summed E-state index contributed by atoms with van der Waals surface area (Å²) in [5.41, 5.74) is 3.22. The number of carbonyl (C=O) groups excluding carboxylic acids is 1. The second-order valence-electron chi connectivity index (χ2n) is 5.85. The van der Waals surface area contributed by atoms with E-state index in [2.05, 4.69) is 33.0 Å². The molecule has 2 heterocycles. The summed E-state index contributed by atoms with van der Waals surface area (Å²) in [5, 5.41) is 0. The Balaban J connectivity index is 1.72. The van der Waals surface area contributed by atoms with Gasteiger partial charge in [0.25, 0.3) is 0 Å². The van der Waals surface area contributed by atoms with Gasteiger partial charge in [-0.15, -0.1) is 0 Å². The van der Waals surface area contributed by atoms with E-state index in [9.17, 15) is 4.79 Å². The zero-order chi connectivity index (χ0) is 14.4. The average Bonchev–Trinajstić information content (AvgIpc) is 3.26. The highest BCUT2D eigenvalue weighted by Crippen LogP contribution is 2.34. The summed E-state index contributed by atoms with van der Waals surface area (Å²) in [7, 11) is 0. The standard InChI is InChI=1S/C16H16BrN3O/c17-16-18-15(12-4-2-1-3-5-12)13-9-19(8-11-6-7-11)14(21)10-20(13)16/h1-5,11H,6-10H2. The molecule has 1 aromatic heterocycles. The minimum Gasteiger partial charge on any atom is -0.335 e. The maximum Gasteiger partial charge on any atom is 0.242 e. The number of hydrogen-bond donors (Lipinski definition) is 0. The van der Waals surface area contributed by atoms with Gasteiger partial charge in [0.2, 0.25) is 5.91 Å². The van der Waals surface area contributed by atoms with Crippen LogP contribution in [0.4, 0.5) is 0 Å². The Kier molecular flexibility index (Phi) is 3.10. The molecule has 0 bridgehead atoms. The van der Waals surface area contributed by atoms with Crippen molar-refractivity contribution < 1.29 is 4.79 Å². The maximum absolute atomic E-state index is 12.3. The Labute approximate surface area is 131 Å². The van der Waals surface area contributed by atoms with Crippen molar-refractivity contribution in [2.75, 3.05) is 6.54 Å². The van der Waals surface area contributed by atoms with Gasteiger partial charge in [-0.3, -0.25) is 4.79 Å². The smallest absolute Gasteiger partial charge is 0.242 e. The molecule has 1 aromatic carbocycles. The molecule has 0 spiro atoms. The van der Waals surface area contributed by atoms with Crippen LogP contribution in [0.25, 0.3) is 11.3 Å². The molecule has 0 saturated heterocycles. The SMILES string of the molecule is O=C1Cn2c(Br)nc(-c3ccccc3)c2CN1CC1CC1. The highest BCUT2D eigenvalue weighted by atomic mass is 79.9. The van der Waals surface area contributed by atoms with Gasteiger partial charge in [0.1, 0.15) is 6.54 Å². The Morgan fingerprint density at radius 3 is 2.67 bits per heavy atom. The number of hydrogen-bond acceptors (Lipinski definition) is 2. The largest absolute Gasteiger partial charge is 0.335 e. The van der Waals surface area contributed by atoms with Gasteiger partial charge in [-0.05, 0) is 34.7 Å². The Bertz CT molecular complexity index is 691. The summed E-state index contributed by atoms with van der Waals surface area (Å²) < 4.78 is 2.74. The quantitative estimate of drug-likeness (QED) is 0.857. The minimum absolute atomic E-state index is 0.201. The van der Waals surface area contributed by atoms with E-state index in [-0.39, 0.29) is 5.91 Å². The molecule has 1 aliphatic carbocycles. The third kappa shape index (κ3) is 2.39. The molecule has 0 atom stereocenters. The second-order valence-corrected chi connectivity index (χ2v) is 6.56. The first-order valence-corrected chi connectivity index (χ1v) is 8.10. The van der Waals surface area contributed by atoms with Crippen LogP contribution in [0.15, 0.2) is 35.1 Å². The molecule has 2 aromatic rings. The van der Waals surface area contributed by atoms with Gasteiger partial charge in [-0.25, -0.2) is 4.98 Å². The molecule has 1 saturated carbocycles. The number of imidazole rings is 1. The predicted molar refractivity (Wildman–Crippen MR) is 83.5 cm³/mol. The Morgan fingerprint density at radius 1 is 1.19 bits per heavy atom. The number of rotatable bonds is 3. The first kappa shape index (κ1) is 13.1. The number of nitrogens with zero attached hydrogens (tertiary/aromatic N) is 3. The van der Waals surface area contributed by atoms with E-state index in [0.29, 0.717) is 19.0 Å². The molecule has 108 valence electrons. The number of amides is 1. The van der Waals surface area contributed by atoms with Crippen molar-refractivity contribution in [3.05, 3.63) is 40.8 Å². The predicted octanol–water partition coefficient (Wildman–Crippen LogP) is 3.06. The van der Waals surface area contributed by atoms with Gasteiger partial charge in [0.05, 0.1) is 17.9 Å². The summed E-state index contributed by atoms with van der Waals surface area (Å²) >= 11 is 3.49. The summed E-state index contributed by atoms with van der Waals surface area (Å²) in [6.07, 6.45) is 2.52. The lowest BCUT2D eigenvalue weighted by Gasteiger charge is -2.29. The van der Waals surface area contributed by atoms with Crippen molar-refractivity contribution in [1.29, 1.82) is 0 Å². The molecule has 0 unspecified atom stereocenters. The third-order valence-corrected chi connectivity index (χ3v) is 4.84. The van der Waals surface area contributed by atoms with E-state index in [1.54, 1.807) is 0 Å². The van der Waals surface area contributed by atoms with Crippen LogP contribution < -0.4 is 0 Å². The number of fused-ring (bicyclic) bond motifs is 1. The maximum atomic E-state index is 12.3. The molecule has 4 rings (SSSR count). The van der Waals surface area contributed by atoms with Crippen molar-refractivity contribution in [3.63, 3.8) is 0 Å². The van der Waals surface area contributed by atoms with E-state index < -0.39 is 0 Å². The molecule has 4 nitrogen and oxygen atoms in total. The first-order valence-electron chi connectivity index (χ1n) is 7.30. The molecule has 5 heteroatoms. The van der Waals surface area contributed by atoms with Gasteiger partial charge >= 0.3 is 0 Å². The zero-order valence-electron chi connectivity index (χ0n) is 11.6. The molecule has 1 amide bonds. The van der Waals surface area contributed by atoms with Crippen LogP contribution in [0.5, 0.6) is 0 Å². The monoisotopic (exact) mass is 345 g/mol. The third-order valence-electron chi connectivity index (χ3n) is 4.24. The van der Waals surface area contributed by atoms with Crippen LogP contribution in [-0.2, 0) is 17.9 Å². The van der Waals surface area contributed by atoms with Crippen LogP contribution in [0.1, 0.15) is 18.5 Å². The molecule has 2 aliphatic rings. The number of aromatic nitrogens is 2. The summed E-state index contributed by atoms with van der Waals surface area (Å²) in [6, 6.07) is 10.2. The lowest BCUT2D eigenvalue weighted by atomic mass is 10.1. The lowest BCUT2D eigenvalue weighted by molar-refractivity contribution is -0.134. The van der Waals surface area contributed by atoms with E-state index in [4.69, 9.17) is 0 Å². The highest BCUT2D eigenvalue weighted by Gasteiger charge is 2.32.